The van der Waals surface area contributed by atoms with Crippen LogP contribution in [-0.2, 0) is 13.1 Å². The lowest BCUT2D eigenvalue weighted by Gasteiger charge is -2.23. The SMILES string of the molecule is CCNC(=NCc1nc(-c2ccco2)n[nH]1)N(C)Cc1ccc2c(c1)OCCO2.I. The standard InChI is InChI=1S/C20H24N6O3.HI/c1-3-21-20(22-12-18-23-19(25-24-18)16-5-4-8-27-16)26(2)13-14-6-7-15-17(11-14)29-10-9-28-15;/h4-8,11H,3,9-10,12-13H2,1-2H3,(H,21,22)(H,23,24,25);1H. The predicted molar refractivity (Wildman–Crippen MR) is 123 cm³/mol. The summed E-state index contributed by atoms with van der Waals surface area (Å²) in [4.78, 5) is 11.2. The molecule has 3 heterocycles. The lowest BCUT2D eigenvalue weighted by Crippen LogP contribution is -2.38. The second-order valence-electron chi connectivity index (χ2n) is 6.59. The summed E-state index contributed by atoms with van der Waals surface area (Å²) in [5.74, 6) is 4.17. The van der Waals surface area contributed by atoms with Gasteiger partial charge in [-0.25, -0.2) is 9.98 Å². The second-order valence-corrected chi connectivity index (χ2v) is 6.59. The fourth-order valence-corrected chi connectivity index (χ4v) is 3.04. The number of fused-ring (bicyclic) bond motifs is 1. The van der Waals surface area contributed by atoms with Gasteiger partial charge in [0.1, 0.15) is 25.6 Å². The zero-order valence-corrected chi connectivity index (χ0v) is 19.3. The first-order valence-electron chi connectivity index (χ1n) is 9.56. The van der Waals surface area contributed by atoms with Crippen LogP contribution in [0.1, 0.15) is 18.3 Å². The maximum absolute atomic E-state index is 5.68. The van der Waals surface area contributed by atoms with Crippen molar-refractivity contribution in [1.82, 2.24) is 25.4 Å². The van der Waals surface area contributed by atoms with Crippen LogP contribution in [0, 0.1) is 0 Å². The Hall–Kier alpha value is -2.76. The molecule has 30 heavy (non-hydrogen) atoms. The Morgan fingerprint density at radius 2 is 2.07 bits per heavy atom. The number of nitrogens with zero attached hydrogens (tertiary/aromatic N) is 4. The number of hydrogen-bond donors (Lipinski definition) is 2. The predicted octanol–water partition coefficient (Wildman–Crippen LogP) is 3.05. The van der Waals surface area contributed by atoms with Crippen LogP contribution < -0.4 is 14.8 Å². The van der Waals surface area contributed by atoms with E-state index in [0.29, 0.717) is 43.7 Å². The molecular formula is C20H25IN6O3. The van der Waals surface area contributed by atoms with Gasteiger partial charge in [0, 0.05) is 20.1 Å². The van der Waals surface area contributed by atoms with Crippen molar-refractivity contribution in [3.8, 4) is 23.1 Å². The van der Waals surface area contributed by atoms with Crippen LogP contribution in [0.4, 0.5) is 0 Å². The van der Waals surface area contributed by atoms with Gasteiger partial charge in [-0.1, -0.05) is 6.07 Å². The van der Waals surface area contributed by atoms with Gasteiger partial charge in [-0.2, -0.15) is 0 Å². The monoisotopic (exact) mass is 524 g/mol. The third-order valence-corrected chi connectivity index (χ3v) is 4.37. The van der Waals surface area contributed by atoms with Gasteiger partial charge in [-0.15, -0.1) is 29.1 Å². The summed E-state index contributed by atoms with van der Waals surface area (Å²) in [7, 11) is 1.99. The highest BCUT2D eigenvalue weighted by molar-refractivity contribution is 14.0. The number of hydrogen-bond acceptors (Lipinski definition) is 6. The van der Waals surface area contributed by atoms with E-state index >= 15 is 0 Å². The summed E-state index contributed by atoms with van der Waals surface area (Å²) in [5, 5.41) is 10.4. The van der Waals surface area contributed by atoms with Crippen molar-refractivity contribution in [2.75, 3.05) is 26.8 Å². The maximum atomic E-state index is 5.68. The van der Waals surface area contributed by atoms with Crippen LogP contribution in [0.3, 0.4) is 0 Å². The van der Waals surface area contributed by atoms with E-state index in [1.165, 1.54) is 0 Å². The van der Waals surface area contributed by atoms with Crippen LogP contribution >= 0.6 is 24.0 Å². The average molecular weight is 524 g/mol. The molecule has 0 radical (unpaired) electrons. The van der Waals surface area contributed by atoms with E-state index in [1.54, 1.807) is 12.3 Å². The molecule has 1 aliphatic rings. The lowest BCUT2D eigenvalue weighted by atomic mass is 10.2. The summed E-state index contributed by atoms with van der Waals surface area (Å²) in [6.45, 7) is 5.02. The minimum atomic E-state index is 0. The fraction of sp³-hybridized carbons (Fsp3) is 0.350. The van der Waals surface area contributed by atoms with Crippen molar-refractivity contribution in [3.63, 3.8) is 0 Å². The van der Waals surface area contributed by atoms with Gasteiger partial charge in [0.15, 0.2) is 23.2 Å². The maximum Gasteiger partial charge on any atom is 0.216 e. The molecule has 9 nitrogen and oxygen atoms in total. The zero-order valence-electron chi connectivity index (χ0n) is 16.9. The largest absolute Gasteiger partial charge is 0.486 e. The Morgan fingerprint density at radius 1 is 1.23 bits per heavy atom. The molecule has 0 saturated heterocycles. The Labute approximate surface area is 191 Å². The molecule has 0 spiro atoms. The van der Waals surface area contributed by atoms with Crippen molar-refractivity contribution in [2.45, 2.75) is 20.0 Å². The number of nitrogens with one attached hydrogen (secondary N) is 2. The minimum Gasteiger partial charge on any atom is -0.486 e. The molecule has 2 aromatic heterocycles. The van der Waals surface area contributed by atoms with E-state index < -0.39 is 0 Å². The molecule has 0 atom stereocenters. The number of benzene rings is 1. The number of guanidine groups is 1. The number of aromatic nitrogens is 3. The van der Waals surface area contributed by atoms with Crippen molar-refractivity contribution < 1.29 is 13.9 Å². The van der Waals surface area contributed by atoms with Gasteiger partial charge in [0.2, 0.25) is 5.82 Å². The van der Waals surface area contributed by atoms with Gasteiger partial charge in [0.05, 0.1) is 6.26 Å². The second kappa shape index (κ2) is 10.3. The van der Waals surface area contributed by atoms with E-state index in [2.05, 4.69) is 30.4 Å². The molecule has 0 amide bonds. The Bertz CT molecular complexity index is 973. The van der Waals surface area contributed by atoms with E-state index in [9.17, 15) is 0 Å². The molecule has 0 unspecified atom stereocenters. The molecule has 2 N–H and O–H groups in total. The quantitative estimate of drug-likeness (QED) is 0.291. The summed E-state index contributed by atoms with van der Waals surface area (Å²) in [6.07, 6.45) is 1.60. The highest BCUT2D eigenvalue weighted by Crippen LogP contribution is 2.31. The van der Waals surface area contributed by atoms with E-state index in [0.717, 1.165) is 29.6 Å². The minimum absolute atomic E-state index is 0. The Balaban J connectivity index is 0.00000256. The number of aromatic amines is 1. The van der Waals surface area contributed by atoms with Crippen molar-refractivity contribution in [3.05, 3.63) is 48.0 Å². The average Bonchev–Trinajstić information content (AvgIpc) is 3.42. The van der Waals surface area contributed by atoms with Crippen LogP contribution in [0.5, 0.6) is 11.5 Å². The van der Waals surface area contributed by atoms with E-state index in [4.69, 9.17) is 13.9 Å². The third kappa shape index (κ3) is 5.23. The van der Waals surface area contributed by atoms with E-state index in [-0.39, 0.29) is 24.0 Å². The first-order valence-corrected chi connectivity index (χ1v) is 9.56. The molecule has 160 valence electrons. The number of rotatable bonds is 6. The van der Waals surface area contributed by atoms with Gasteiger partial charge in [-0.05, 0) is 36.8 Å². The summed E-state index contributed by atoms with van der Waals surface area (Å²) >= 11 is 0. The number of aliphatic imine (C=N–C) groups is 1. The summed E-state index contributed by atoms with van der Waals surface area (Å²) in [5.41, 5.74) is 1.11. The Kier molecular flexibility index (Phi) is 7.55. The van der Waals surface area contributed by atoms with Gasteiger partial charge in [-0.3, -0.25) is 5.10 Å². The van der Waals surface area contributed by atoms with Crippen LogP contribution in [0.15, 0.2) is 46.0 Å². The number of ether oxygens (including phenoxy) is 2. The molecule has 4 rings (SSSR count). The van der Waals surface area contributed by atoms with E-state index in [1.807, 2.05) is 38.2 Å². The molecule has 0 aliphatic carbocycles. The lowest BCUT2D eigenvalue weighted by molar-refractivity contribution is 0.171. The zero-order chi connectivity index (χ0) is 20.1. The molecule has 10 heteroatoms. The Morgan fingerprint density at radius 3 is 2.83 bits per heavy atom. The van der Waals surface area contributed by atoms with Gasteiger partial charge >= 0.3 is 0 Å². The molecular weight excluding hydrogens is 499 g/mol. The normalized spacial score (nSPS) is 12.9. The van der Waals surface area contributed by atoms with Gasteiger partial charge in [0.25, 0.3) is 0 Å². The molecule has 0 saturated carbocycles. The van der Waals surface area contributed by atoms with Crippen molar-refractivity contribution >= 4 is 29.9 Å². The highest BCUT2D eigenvalue weighted by Gasteiger charge is 2.14. The van der Waals surface area contributed by atoms with Gasteiger partial charge < -0.3 is 24.1 Å². The molecule has 0 bridgehead atoms. The summed E-state index contributed by atoms with van der Waals surface area (Å²) in [6, 6.07) is 9.63. The highest BCUT2D eigenvalue weighted by atomic mass is 127. The fourth-order valence-electron chi connectivity index (χ4n) is 3.04. The van der Waals surface area contributed by atoms with Crippen molar-refractivity contribution in [1.29, 1.82) is 0 Å². The smallest absolute Gasteiger partial charge is 0.216 e. The van der Waals surface area contributed by atoms with Crippen LogP contribution in [0.2, 0.25) is 0 Å². The van der Waals surface area contributed by atoms with Crippen LogP contribution in [-0.4, -0.2) is 52.8 Å². The molecule has 0 fully saturated rings. The number of furan rings is 1. The third-order valence-electron chi connectivity index (χ3n) is 4.37. The number of halogens is 1. The molecule has 3 aromatic rings. The first-order chi connectivity index (χ1) is 14.2. The first kappa shape index (κ1) is 21.9. The van der Waals surface area contributed by atoms with Crippen molar-refractivity contribution in [2.24, 2.45) is 4.99 Å². The molecule has 1 aliphatic heterocycles. The summed E-state index contributed by atoms with van der Waals surface area (Å²) < 4.78 is 16.6. The topological polar surface area (TPSA) is 101 Å². The number of H-pyrrole nitrogens is 1. The molecule has 1 aromatic carbocycles. The van der Waals surface area contributed by atoms with Crippen LogP contribution in [0.25, 0.3) is 11.6 Å².